The van der Waals surface area contributed by atoms with E-state index in [-0.39, 0.29) is 6.04 Å². The molecule has 1 atom stereocenters. The van der Waals surface area contributed by atoms with Crippen molar-refractivity contribution in [2.75, 3.05) is 25.6 Å². The summed E-state index contributed by atoms with van der Waals surface area (Å²) in [7, 11) is 4.11. The number of benzene rings is 1. The van der Waals surface area contributed by atoms with Gasteiger partial charge in [0.2, 0.25) is 0 Å². The van der Waals surface area contributed by atoms with Gasteiger partial charge in [-0.05, 0) is 17.2 Å². The van der Waals surface area contributed by atoms with E-state index in [1.807, 2.05) is 18.5 Å². The summed E-state index contributed by atoms with van der Waals surface area (Å²) in [5, 5.41) is 3.60. The average Bonchev–Trinajstić information content (AvgIpc) is 2.53. The van der Waals surface area contributed by atoms with Gasteiger partial charge in [0.15, 0.2) is 0 Å². The minimum absolute atomic E-state index is 0.241. The molecule has 0 spiro atoms. The van der Waals surface area contributed by atoms with Crippen molar-refractivity contribution >= 4 is 5.69 Å². The summed E-state index contributed by atoms with van der Waals surface area (Å²) < 4.78 is 5.69. The highest BCUT2D eigenvalue weighted by Gasteiger charge is 2.20. The maximum atomic E-state index is 5.69. The molecule has 0 fully saturated rings. The van der Waals surface area contributed by atoms with Crippen LogP contribution < -0.4 is 10.2 Å². The molecule has 1 unspecified atom stereocenters. The Kier molecular flexibility index (Phi) is 4.18. The fourth-order valence-electron chi connectivity index (χ4n) is 2.78. The third-order valence-electron chi connectivity index (χ3n) is 3.87. The summed E-state index contributed by atoms with van der Waals surface area (Å²) >= 11 is 0. The van der Waals surface area contributed by atoms with Gasteiger partial charge < -0.3 is 15.0 Å². The molecule has 2 heterocycles. The summed E-state index contributed by atoms with van der Waals surface area (Å²) in [6.07, 6.45) is 3.76. The van der Waals surface area contributed by atoms with E-state index in [4.69, 9.17) is 4.74 Å². The molecule has 0 radical (unpaired) electrons. The number of hydrogen-bond donors (Lipinski definition) is 1. The van der Waals surface area contributed by atoms with Crippen molar-refractivity contribution in [2.24, 2.45) is 0 Å². The lowest BCUT2D eigenvalue weighted by molar-refractivity contribution is 0.0817. The Morgan fingerprint density at radius 1 is 1.29 bits per heavy atom. The Morgan fingerprint density at radius 2 is 2.14 bits per heavy atom. The van der Waals surface area contributed by atoms with E-state index in [0.29, 0.717) is 13.2 Å². The first-order chi connectivity index (χ1) is 10.3. The van der Waals surface area contributed by atoms with Crippen molar-refractivity contribution in [2.45, 2.75) is 19.2 Å². The smallest absolute Gasteiger partial charge is 0.0721 e. The predicted molar refractivity (Wildman–Crippen MR) is 84.2 cm³/mol. The number of anilines is 1. The Balaban J connectivity index is 1.75. The quantitative estimate of drug-likeness (QED) is 0.935. The van der Waals surface area contributed by atoms with Crippen molar-refractivity contribution in [3.8, 4) is 0 Å². The molecule has 3 rings (SSSR count). The molecule has 2 aromatic rings. The molecule has 1 aliphatic heterocycles. The molecule has 4 heteroatoms. The maximum Gasteiger partial charge on any atom is 0.0721 e. The van der Waals surface area contributed by atoms with Crippen molar-refractivity contribution in [1.29, 1.82) is 0 Å². The highest BCUT2D eigenvalue weighted by molar-refractivity contribution is 5.50. The molecule has 0 aliphatic carbocycles. The van der Waals surface area contributed by atoms with E-state index >= 15 is 0 Å². The molecule has 1 aromatic carbocycles. The van der Waals surface area contributed by atoms with Crippen molar-refractivity contribution in [3.05, 3.63) is 59.4 Å². The largest absolute Gasteiger partial charge is 0.377 e. The Morgan fingerprint density at radius 3 is 3.00 bits per heavy atom. The summed E-state index contributed by atoms with van der Waals surface area (Å²) in [4.78, 5) is 6.35. The zero-order valence-corrected chi connectivity index (χ0v) is 12.5. The van der Waals surface area contributed by atoms with Crippen molar-refractivity contribution in [3.63, 3.8) is 0 Å². The predicted octanol–water partition coefficient (Wildman–Crippen LogP) is 2.51. The lowest BCUT2D eigenvalue weighted by atomic mass is 9.99. The molecule has 1 aromatic heterocycles. The molecule has 0 amide bonds. The number of rotatable bonds is 4. The van der Waals surface area contributed by atoms with E-state index in [9.17, 15) is 0 Å². The van der Waals surface area contributed by atoms with Crippen LogP contribution in [0, 0.1) is 0 Å². The molecular formula is C17H21N3O. The van der Waals surface area contributed by atoms with Gasteiger partial charge in [-0.1, -0.05) is 24.3 Å². The molecule has 1 aliphatic rings. The van der Waals surface area contributed by atoms with Gasteiger partial charge >= 0.3 is 0 Å². The topological polar surface area (TPSA) is 37.4 Å². The lowest BCUT2D eigenvalue weighted by Crippen LogP contribution is -2.30. The summed E-state index contributed by atoms with van der Waals surface area (Å²) in [6, 6.07) is 10.8. The van der Waals surface area contributed by atoms with Gasteiger partial charge in [-0.15, -0.1) is 0 Å². The van der Waals surface area contributed by atoms with Gasteiger partial charge in [0.05, 0.1) is 19.3 Å². The van der Waals surface area contributed by atoms with E-state index in [1.165, 1.54) is 22.4 Å². The van der Waals surface area contributed by atoms with Gasteiger partial charge in [0.1, 0.15) is 0 Å². The van der Waals surface area contributed by atoms with Crippen LogP contribution in [-0.4, -0.2) is 25.7 Å². The zero-order chi connectivity index (χ0) is 14.7. The number of nitrogens with one attached hydrogen (secondary N) is 1. The van der Waals surface area contributed by atoms with Crippen LogP contribution in [0.1, 0.15) is 22.7 Å². The Bertz CT molecular complexity index is 612. The van der Waals surface area contributed by atoms with Gasteiger partial charge in [-0.3, -0.25) is 4.98 Å². The van der Waals surface area contributed by atoms with Crippen LogP contribution in [0.4, 0.5) is 5.69 Å². The number of nitrogens with zero attached hydrogens (tertiary/aromatic N) is 2. The van der Waals surface area contributed by atoms with E-state index in [0.717, 1.165) is 6.54 Å². The first kappa shape index (κ1) is 14.0. The molecule has 4 nitrogen and oxygen atoms in total. The van der Waals surface area contributed by atoms with Crippen molar-refractivity contribution < 1.29 is 4.74 Å². The fraction of sp³-hybridized carbons (Fsp3) is 0.353. The number of ether oxygens (including phenoxy) is 1. The van der Waals surface area contributed by atoms with E-state index in [2.05, 4.69) is 53.6 Å². The van der Waals surface area contributed by atoms with Crippen LogP contribution in [0.5, 0.6) is 0 Å². The fourth-order valence-corrected chi connectivity index (χ4v) is 2.78. The zero-order valence-electron chi connectivity index (χ0n) is 12.5. The summed E-state index contributed by atoms with van der Waals surface area (Å²) in [6.45, 7) is 2.21. The van der Waals surface area contributed by atoms with Crippen molar-refractivity contribution in [1.82, 2.24) is 10.3 Å². The van der Waals surface area contributed by atoms with E-state index < -0.39 is 0 Å². The van der Waals surface area contributed by atoms with Crippen LogP contribution in [0.3, 0.4) is 0 Å². The first-order valence-corrected chi connectivity index (χ1v) is 7.25. The summed E-state index contributed by atoms with van der Waals surface area (Å²) in [5.74, 6) is 0. The second-order valence-electron chi connectivity index (χ2n) is 5.55. The van der Waals surface area contributed by atoms with E-state index in [1.54, 1.807) is 0 Å². The lowest BCUT2D eigenvalue weighted by Gasteiger charge is -2.27. The third-order valence-corrected chi connectivity index (χ3v) is 3.87. The highest BCUT2D eigenvalue weighted by Crippen LogP contribution is 2.25. The van der Waals surface area contributed by atoms with Gasteiger partial charge in [0.25, 0.3) is 0 Å². The van der Waals surface area contributed by atoms with Crippen LogP contribution in [0.15, 0.2) is 42.7 Å². The number of aromatic nitrogens is 1. The molecular weight excluding hydrogens is 262 g/mol. The normalized spacial score (nSPS) is 17.3. The highest BCUT2D eigenvalue weighted by atomic mass is 16.5. The van der Waals surface area contributed by atoms with Gasteiger partial charge in [-0.25, -0.2) is 0 Å². The number of fused-ring (bicyclic) bond motifs is 1. The first-order valence-electron chi connectivity index (χ1n) is 7.25. The van der Waals surface area contributed by atoms with Gasteiger partial charge in [-0.2, -0.15) is 0 Å². The third kappa shape index (κ3) is 3.06. The Labute approximate surface area is 125 Å². The second kappa shape index (κ2) is 6.24. The molecule has 0 saturated carbocycles. The minimum Gasteiger partial charge on any atom is -0.377 e. The van der Waals surface area contributed by atoms with Crippen LogP contribution in [0.2, 0.25) is 0 Å². The molecule has 1 N–H and O–H groups in total. The SMILES string of the molecule is CN(C)c1ccncc1CNC1COCc2ccccc21. The molecule has 21 heavy (non-hydrogen) atoms. The number of hydrogen-bond acceptors (Lipinski definition) is 4. The number of pyridine rings is 1. The van der Waals surface area contributed by atoms with Crippen LogP contribution >= 0.6 is 0 Å². The maximum absolute atomic E-state index is 5.69. The van der Waals surface area contributed by atoms with Crippen LogP contribution in [-0.2, 0) is 17.9 Å². The second-order valence-corrected chi connectivity index (χ2v) is 5.55. The standard InChI is InChI=1S/C17H21N3O/c1-20(2)17-7-8-18-9-14(17)10-19-16-12-21-11-13-5-3-4-6-15(13)16/h3-9,16,19H,10-12H2,1-2H3. The van der Waals surface area contributed by atoms with Crippen LogP contribution in [0.25, 0.3) is 0 Å². The minimum atomic E-state index is 0.241. The molecule has 110 valence electrons. The monoisotopic (exact) mass is 283 g/mol. The summed E-state index contributed by atoms with van der Waals surface area (Å²) in [5.41, 5.74) is 5.02. The average molecular weight is 283 g/mol. The Hall–Kier alpha value is -1.91. The molecule has 0 saturated heterocycles. The van der Waals surface area contributed by atoms with Gasteiger partial charge in [0, 0.05) is 44.3 Å². The molecule has 0 bridgehead atoms.